The first-order valence-electron chi connectivity index (χ1n) is 8.41. The van der Waals surface area contributed by atoms with Crippen molar-refractivity contribution in [3.8, 4) is 0 Å². The van der Waals surface area contributed by atoms with E-state index in [4.69, 9.17) is 0 Å². The fourth-order valence-corrected chi connectivity index (χ4v) is 3.19. The highest BCUT2D eigenvalue weighted by molar-refractivity contribution is 7.89. The maximum Gasteiger partial charge on any atom is 0.251 e. The highest BCUT2D eigenvalue weighted by Gasteiger charge is 2.12. The van der Waals surface area contributed by atoms with Gasteiger partial charge in [0.2, 0.25) is 10.0 Å². The van der Waals surface area contributed by atoms with E-state index in [2.05, 4.69) is 39.2 Å². The molecule has 2 rings (SSSR count). The van der Waals surface area contributed by atoms with Gasteiger partial charge < -0.3 is 10.2 Å². The fourth-order valence-electron chi connectivity index (χ4n) is 2.46. The van der Waals surface area contributed by atoms with E-state index < -0.39 is 10.0 Å². The van der Waals surface area contributed by atoms with E-state index in [9.17, 15) is 13.2 Å². The molecule has 2 aromatic carbocycles. The van der Waals surface area contributed by atoms with E-state index in [-0.39, 0.29) is 10.8 Å². The predicted molar refractivity (Wildman–Crippen MR) is 104 cm³/mol. The van der Waals surface area contributed by atoms with Crippen LogP contribution in [0.3, 0.4) is 0 Å². The molecular weight excluding hydrogens is 350 g/mol. The lowest BCUT2D eigenvalue weighted by Gasteiger charge is -2.12. The van der Waals surface area contributed by atoms with Crippen molar-refractivity contribution in [2.45, 2.75) is 17.7 Å². The van der Waals surface area contributed by atoms with Gasteiger partial charge in [-0.25, -0.2) is 13.1 Å². The number of nitrogens with one attached hydrogen (secondary N) is 2. The molecule has 0 aliphatic rings. The van der Waals surface area contributed by atoms with E-state index in [0.717, 1.165) is 18.5 Å². The van der Waals surface area contributed by atoms with Gasteiger partial charge in [-0.1, -0.05) is 12.1 Å². The maximum atomic E-state index is 12.1. The van der Waals surface area contributed by atoms with Crippen molar-refractivity contribution in [1.82, 2.24) is 10.0 Å². The third kappa shape index (κ3) is 5.31. The van der Waals surface area contributed by atoms with Crippen LogP contribution >= 0.6 is 0 Å². The minimum Gasteiger partial charge on any atom is -0.378 e. The summed E-state index contributed by atoms with van der Waals surface area (Å²) in [5.41, 5.74) is 2.83. The Morgan fingerprint density at radius 1 is 1.00 bits per heavy atom. The van der Waals surface area contributed by atoms with Gasteiger partial charge in [-0.2, -0.15) is 0 Å². The molecule has 1 amide bonds. The lowest BCUT2D eigenvalue weighted by Crippen LogP contribution is -2.25. The second-order valence-electron chi connectivity index (χ2n) is 6.15. The Kier molecular flexibility index (Phi) is 6.76. The first-order valence-corrected chi connectivity index (χ1v) is 9.90. The summed E-state index contributed by atoms with van der Waals surface area (Å²) in [6.45, 7) is 0.560. The zero-order chi connectivity index (χ0) is 19.2. The summed E-state index contributed by atoms with van der Waals surface area (Å²) >= 11 is 0. The first kappa shape index (κ1) is 19.9. The minimum atomic E-state index is -3.49. The molecule has 140 valence electrons. The van der Waals surface area contributed by atoms with E-state index in [1.165, 1.54) is 36.9 Å². The van der Waals surface area contributed by atoms with Gasteiger partial charge in [0.1, 0.15) is 0 Å². The number of hydrogen-bond acceptors (Lipinski definition) is 4. The van der Waals surface area contributed by atoms with Crippen molar-refractivity contribution in [2.24, 2.45) is 0 Å². The summed E-state index contributed by atoms with van der Waals surface area (Å²) in [5, 5.41) is 2.86. The van der Waals surface area contributed by atoms with Crippen LogP contribution in [0.4, 0.5) is 5.69 Å². The Bertz CT molecular complexity index is 829. The lowest BCUT2D eigenvalue weighted by atomic mass is 10.1. The van der Waals surface area contributed by atoms with Gasteiger partial charge in [0.15, 0.2) is 0 Å². The van der Waals surface area contributed by atoms with Crippen molar-refractivity contribution < 1.29 is 13.2 Å². The van der Waals surface area contributed by atoms with Crippen molar-refractivity contribution >= 4 is 21.6 Å². The van der Waals surface area contributed by atoms with Gasteiger partial charge in [-0.3, -0.25) is 4.79 Å². The van der Waals surface area contributed by atoms with Crippen molar-refractivity contribution in [2.75, 3.05) is 32.6 Å². The standard InChI is InChI=1S/C19H25N3O3S/c1-20-26(24,25)18-12-8-16(9-13-18)19(23)21-14-4-5-15-6-10-17(11-7-15)22(2)3/h6-13,20H,4-5,14H2,1-3H3,(H,21,23). The van der Waals surface area contributed by atoms with Gasteiger partial charge in [-0.15, -0.1) is 0 Å². The van der Waals surface area contributed by atoms with E-state index in [1.54, 1.807) is 0 Å². The zero-order valence-corrected chi connectivity index (χ0v) is 16.1. The molecule has 2 aromatic rings. The summed E-state index contributed by atoms with van der Waals surface area (Å²) in [6.07, 6.45) is 1.71. The average molecular weight is 375 g/mol. The van der Waals surface area contributed by atoms with Crippen LogP contribution in [0.2, 0.25) is 0 Å². The van der Waals surface area contributed by atoms with Crippen molar-refractivity contribution in [3.63, 3.8) is 0 Å². The second kappa shape index (κ2) is 8.82. The van der Waals surface area contributed by atoms with Gasteiger partial charge in [0.05, 0.1) is 4.90 Å². The third-order valence-corrected chi connectivity index (χ3v) is 5.51. The summed E-state index contributed by atoms with van der Waals surface area (Å²) in [4.78, 5) is 14.3. The molecule has 0 bridgehead atoms. The van der Waals surface area contributed by atoms with Crippen LogP contribution in [0.1, 0.15) is 22.3 Å². The van der Waals surface area contributed by atoms with Gasteiger partial charge in [0.25, 0.3) is 5.91 Å². The van der Waals surface area contributed by atoms with Crippen LogP contribution in [-0.2, 0) is 16.4 Å². The molecule has 0 saturated carbocycles. The fraction of sp³-hybridized carbons (Fsp3) is 0.316. The SMILES string of the molecule is CNS(=O)(=O)c1ccc(C(=O)NCCCc2ccc(N(C)C)cc2)cc1. The lowest BCUT2D eigenvalue weighted by molar-refractivity contribution is 0.0953. The van der Waals surface area contributed by atoms with E-state index >= 15 is 0 Å². The average Bonchev–Trinajstić information content (AvgIpc) is 2.65. The summed E-state index contributed by atoms with van der Waals surface area (Å²) < 4.78 is 25.6. The molecule has 7 heteroatoms. The molecule has 0 spiro atoms. The van der Waals surface area contributed by atoms with Gasteiger partial charge >= 0.3 is 0 Å². The van der Waals surface area contributed by atoms with E-state index in [1.807, 2.05) is 14.1 Å². The van der Waals surface area contributed by atoms with Crippen LogP contribution in [-0.4, -0.2) is 42.0 Å². The first-order chi connectivity index (χ1) is 12.3. The number of nitrogens with zero attached hydrogens (tertiary/aromatic N) is 1. The van der Waals surface area contributed by atoms with Crippen LogP contribution in [0.15, 0.2) is 53.4 Å². The monoisotopic (exact) mass is 375 g/mol. The van der Waals surface area contributed by atoms with Crippen molar-refractivity contribution in [3.05, 3.63) is 59.7 Å². The molecule has 0 heterocycles. The largest absolute Gasteiger partial charge is 0.378 e. The van der Waals surface area contributed by atoms with Crippen LogP contribution < -0.4 is 14.9 Å². The predicted octanol–water partition coefficient (Wildman–Crippen LogP) is 2.02. The summed E-state index contributed by atoms with van der Waals surface area (Å²) in [5.74, 6) is -0.207. The number of amides is 1. The number of hydrogen-bond donors (Lipinski definition) is 2. The number of carbonyl (C=O) groups is 1. The molecular formula is C19H25N3O3S. The second-order valence-corrected chi connectivity index (χ2v) is 8.04. The van der Waals surface area contributed by atoms with Crippen molar-refractivity contribution in [1.29, 1.82) is 0 Å². The molecule has 0 radical (unpaired) electrons. The maximum absolute atomic E-state index is 12.1. The molecule has 0 atom stereocenters. The Morgan fingerprint density at radius 3 is 2.15 bits per heavy atom. The minimum absolute atomic E-state index is 0.137. The number of carbonyl (C=O) groups excluding carboxylic acids is 1. The number of aryl methyl sites for hydroxylation is 1. The zero-order valence-electron chi connectivity index (χ0n) is 15.3. The normalized spacial score (nSPS) is 11.2. The Balaban J connectivity index is 1.81. The highest BCUT2D eigenvalue weighted by Crippen LogP contribution is 2.13. The highest BCUT2D eigenvalue weighted by atomic mass is 32.2. The number of rotatable bonds is 8. The molecule has 26 heavy (non-hydrogen) atoms. The Hall–Kier alpha value is -2.38. The van der Waals surface area contributed by atoms with E-state index in [0.29, 0.717) is 12.1 Å². The number of benzene rings is 2. The molecule has 0 aliphatic heterocycles. The summed E-state index contributed by atoms with van der Waals surface area (Å²) in [7, 11) is 1.88. The number of anilines is 1. The van der Waals surface area contributed by atoms with Crippen LogP contribution in [0.25, 0.3) is 0 Å². The smallest absolute Gasteiger partial charge is 0.251 e. The molecule has 2 N–H and O–H groups in total. The number of sulfonamides is 1. The molecule has 0 aliphatic carbocycles. The van der Waals surface area contributed by atoms with Gasteiger partial charge in [-0.05, 0) is 61.9 Å². The molecule has 0 fully saturated rings. The molecule has 0 saturated heterocycles. The molecule has 6 nitrogen and oxygen atoms in total. The topological polar surface area (TPSA) is 78.5 Å². The summed E-state index contributed by atoms with van der Waals surface area (Å²) in [6, 6.07) is 14.2. The molecule has 0 unspecified atom stereocenters. The quantitative estimate of drug-likeness (QED) is 0.692. The third-order valence-electron chi connectivity index (χ3n) is 4.08. The Labute approximate surface area is 155 Å². The Morgan fingerprint density at radius 2 is 1.62 bits per heavy atom. The van der Waals surface area contributed by atoms with Crippen LogP contribution in [0, 0.1) is 0 Å². The van der Waals surface area contributed by atoms with Gasteiger partial charge in [0, 0.05) is 31.9 Å². The molecule has 0 aromatic heterocycles. The van der Waals surface area contributed by atoms with Crippen LogP contribution in [0.5, 0.6) is 0 Å².